The van der Waals surface area contributed by atoms with E-state index < -0.39 is 46.7 Å². The highest BCUT2D eigenvalue weighted by Gasteiger charge is 2.30. The summed E-state index contributed by atoms with van der Waals surface area (Å²) in [7, 11) is 0. The number of amides is 3. The van der Waals surface area contributed by atoms with Gasteiger partial charge in [-0.2, -0.15) is 0 Å². The van der Waals surface area contributed by atoms with Gasteiger partial charge >= 0.3 is 5.97 Å². The van der Waals surface area contributed by atoms with E-state index in [1.54, 1.807) is 48.5 Å². The topological polar surface area (TPSA) is 258 Å². The predicted molar refractivity (Wildman–Crippen MR) is 170 cm³/mol. The molecule has 3 unspecified atom stereocenters. The molecule has 0 fully saturated rings. The summed E-state index contributed by atoms with van der Waals surface area (Å²) in [6, 6.07) is 16.7. The number of nitrogens with two attached hydrogens (primary N) is 3. The van der Waals surface area contributed by atoms with Gasteiger partial charge in [0.15, 0.2) is 5.96 Å². The molecule has 0 aliphatic rings. The first kappa shape index (κ1) is 34.5. The number of nitrogens with one attached hydrogen (secondary N) is 3. The molecule has 0 spiro atoms. The molecule has 3 atom stereocenters. The van der Waals surface area contributed by atoms with Gasteiger partial charge in [0.25, 0.3) is 11.6 Å². The van der Waals surface area contributed by atoms with E-state index in [-0.39, 0.29) is 55.1 Å². The number of carbonyl (C=O) groups excluding carboxylic acids is 3. The van der Waals surface area contributed by atoms with Crippen LogP contribution in [0.4, 0.5) is 11.4 Å². The number of anilines is 1. The van der Waals surface area contributed by atoms with Gasteiger partial charge in [-0.3, -0.25) is 29.5 Å². The third kappa shape index (κ3) is 10.6. The number of carboxylic acids is 1. The molecule has 10 N–H and O–H groups in total. The van der Waals surface area contributed by atoms with E-state index in [1.165, 1.54) is 30.3 Å². The van der Waals surface area contributed by atoms with Crippen molar-refractivity contribution in [3.63, 3.8) is 0 Å². The van der Waals surface area contributed by atoms with Crippen molar-refractivity contribution in [3.8, 4) is 0 Å². The molecule has 46 heavy (non-hydrogen) atoms. The zero-order valence-corrected chi connectivity index (χ0v) is 24.8. The third-order valence-electron chi connectivity index (χ3n) is 6.89. The van der Waals surface area contributed by atoms with Crippen LogP contribution in [0.3, 0.4) is 0 Å². The minimum Gasteiger partial charge on any atom is -0.480 e. The highest BCUT2D eigenvalue weighted by atomic mass is 16.6. The number of benzene rings is 3. The number of aliphatic carboxylic acids is 1. The van der Waals surface area contributed by atoms with Gasteiger partial charge in [-0.25, -0.2) is 4.79 Å². The highest BCUT2D eigenvalue weighted by Crippen LogP contribution is 2.15. The molecule has 0 bridgehead atoms. The van der Waals surface area contributed by atoms with E-state index in [2.05, 4.69) is 20.9 Å². The summed E-state index contributed by atoms with van der Waals surface area (Å²) in [6.45, 7) is 0.130. The molecule has 15 nitrogen and oxygen atoms in total. The van der Waals surface area contributed by atoms with Crippen LogP contribution in [-0.4, -0.2) is 64.4 Å². The van der Waals surface area contributed by atoms with E-state index in [1.807, 2.05) is 0 Å². The first-order chi connectivity index (χ1) is 21.9. The Morgan fingerprint density at radius 2 is 1.35 bits per heavy atom. The lowest BCUT2D eigenvalue weighted by atomic mass is 10.0. The first-order valence-electron chi connectivity index (χ1n) is 14.3. The van der Waals surface area contributed by atoms with Crippen LogP contribution in [0.15, 0.2) is 83.9 Å². The normalized spacial score (nSPS) is 12.5. The summed E-state index contributed by atoms with van der Waals surface area (Å²) >= 11 is 0. The number of para-hydroxylation sites is 1. The fourth-order valence-corrected chi connectivity index (χ4v) is 4.51. The number of rotatable bonds is 16. The summed E-state index contributed by atoms with van der Waals surface area (Å²) in [5, 5.41) is 28.6. The van der Waals surface area contributed by atoms with Gasteiger partial charge in [-0.1, -0.05) is 54.6 Å². The van der Waals surface area contributed by atoms with E-state index in [4.69, 9.17) is 17.2 Å². The Morgan fingerprint density at radius 1 is 0.783 bits per heavy atom. The molecular weight excluding hydrogens is 596 g/mol. The van der Waals surface area contributed by atoms with E-state index in [9.17, 15) is 34.4 Å². The van der Waals surface area contributed by atoms with Crippen molar-refractivity contribution in [2.24, 2.45) is 16.5 Å². The van der Waals surface area contributed by atoms with Crippen LogP contribution in [0.5, 0.6) is 0 Å². The summed E-state index contributed by atoms with van der Waals surface area (Å²) in [5.41, 5.74) is 18.1. The Labute approximate surface area is 264 Å². The van der Waals surface area contributed by atoms with Crippen molar-refractivity contribution in [2.75, 3.05) is 12.3 Å². The summed E-state index contributed by atoms with van der Waals surface area (Å²) in [6.07, 6.45) is 0.160. The van der Waals surface area contributed by atoms with Gasteiger partial charge in [0.2, 0.25) is 11.8 Å². The number of carboxylic acid groups (broad SMARTS) is 1. The average Bonchev–Trinajstić information content (AvgIpc) is 3.02. The van der Waals surface area contributed by atoms with Gasteiger partial charge < -0.3 is 38.3 Å². The number of nitro groups is 1. The average molecular weight is 633 g/mol. The molecule has 3 aromatic carbocycles. The van der Waals surface area contributed by atoms with Crippen molar-refractivity contribution in [1.29, 1.82) is 0 Å². The van der Waals surface area contributed by atoms with Crippen molar-refractivity contribution in [1.82, 2.24) is 16.0 Å². The molecule has 0 radical (unpaired) electrons. The van der Waals surface area contributed by atoms with Gasteiger partial charge in [0, 0.05) is 37.2 Å². The molecule has 0 aliphatic carbocycles. The number of hydrogen-bond acceptors (Lipinski definition) is 8. The van der Waals surface area contributed by atoms with Crippen molar-refractivity contribution < 1.29 is 29.2 Å². The number of carbonyl (C=O) groups is 4. The van der Waals surface area contributed by atoms with Crippen molar-refractivity contribution in [2.45, 2.75) is 43.8 Å². The van der Waals surface area contributed by atoms with Crippen molar-refractivity contribution in [3.05, 3.63) is 106 Å². The lowest BCUT2D eigenvalue weighted by molar-refractivity contribution is -0.384. The molecule has 0 aromatic heterocycles. The van der Waals surface area contributed by atoms with E-state index >= 15 is 0 Å². The monoisotopic (exact) mass is 632 g/mol. The molecule has 15 heteroatoms. The van der Waals surface area contributed by atoms with Crippen molar-refractivity contribution >= 4 is 41.0 Å². The van der Waals surface area contributed by atoms with Crippen LogP contribution < -0.4 is 33.2 Å². The first-order valence-corrected chi connectivity index (χ1v) is 14.3. The number of non-ortho nitro benzene ring substituents is 1. The maximum absolute atomic E-state index is 13.7. The van der Waals surface area contributed by atoms with Gasteiger partial charge in [0.05, 0.1) is 10.5 Å². The summed E-state index contributed by atoms with van der Waals surface area (Å²) in [4.78, 5) is 66.6. The Bertz CT molecular complexity index is 1560. The smallest absolute Gasteiger partial charge is 0.326 e. The van der Waals surface area contributed by atoms with Crippen LogP contribution in [0.1, 0.15) is 34.3 Å². The standard InChI is InChI=1S/C31H36N8O7/c32-23-10-5-4-9-22(23)27(40)37-25(17-19-7-2-1-3-8-19)29(42)36-24(11-6-16-35-31(33)34)28(41)38-26(30(43)44)18-20-12-14-21(15-13-20)39(45)46/h1-5,7-10,12-15,24-26H,6,11,16-18,32H2,(H,36,42)(H,37,40)(H,38,41)(H,43,44)(H4,33,34,35). The zero-order chi connectivity index (χ0) is 33.6. The Hall–Kier alpha value is -5.99. The molecule has 0 aliphatic heterocycles. The van der Waals surface area contributed by atoms with Crippen LogP contribution in [-0.2, 0) is 27.2 Å². The molecule has 0 saturated carbocycles. The van der Waals surface area contributed by atoms with E-state index in [0.29, 0.717) is 5.56 Å². The van der Waals surface area contributed by atoms with Gasteiger partial charge in [-0.15, -0.1) is 0 Å². The fourth-order valence-electron chi connectivity index (χ4n) is 4.51. The van der Waals surface area contributed by atoms with Crippen LogP contribution in [0.25, 0.3) is 0 Å². The van der Waals surface area contributed by atoms with Crippen LogP contribution >= 0.6 is 0 Å². The third-order valence-corrected chi connectivity index (χ3v) is 6.89. The zero-order valence-electron chi connectivity index (χ0n) is 24.8. The Morgan fingerprint density at radius 3 is 1.96 bits per heavy atom. The second-order valence-electron chi connectivity index (χ2n) is 10.3. The molecular formula is C31H36N8O7. The number of nitrogens with zero attached hydrogens (tertiary/aromatic N) is 2. The van der Waals surface area contributed by atoms with Crippen LogP contribution in [0.2, 0.25) is 0 Å². The molecule has 0 heterocycles. The van der Waals surface area contributed by atoms with E-state index in [0.717, 1.165) is 5.56 Å². The second kappa shape index (κ2) is 16.7. The Kier molecular flexibility index (Phi) is 12.6. The van der Waals surface area contributed by atoms with Gasteiger partial charge in [0.1, 0.15) is 18.1 Å². The number of guanidine groups is 1. The lowest BCUT2D eigenvalue weighted by Gasteiger charge is -2.25. The number of nitro benzene ring substituents is 1. The predicted octanol–water partition coefficient (Wildman–Crippen LogP) is 0.869. The number of hydrogen-bond donors (Lipinski definition) is 7. The minimum absolute atomic E-state index is 0.0237. The molecule has 3 amide bonds. The minimum atomic E-state index is -1.42. The Balaban J connectivity index is 1.82. The van der Waals surface area contributed by atoms with Crippen LogP contribution in [0, 0.1) is 10.1 Å². The molecule has 3 aromatic rings. The second-order valence-corrected chi connectivity index (χ2v) is 10.3. The quantitative estimate of drug-likeness (QED) is 0.0293. The summed E-state index contributed by atoms with van der Waals surface area (Å²) in [5.74, 6) is -3.62. The maximum atomic E-state index is 13.7. The lowest BCUT2D eigenvalue weighted by Crippen LogP contribution is -2.56. The highest BCUT2D eigenvalue weighted by molar-refractivity contribution is 6.02. The number of aliphatic imine (C=N–C) groups is 1. The molecule has 3 rings (SSSR count). The SMILES string of the molecule is NC(N)=NCCCC(NC(=O)C(Cc1ccccc1)NC(=O)c1ccccc1N)C(=O)NC(Cc1ccc([N+](=O)[O-])cc1)C(=O)O. The maximum Gasteiger partial charge on any atom is 0.326 e. The molecule has 242 valence electrons. The summed E-state index contributed by atoms with van der Waals surface area (Å²) < 4.78 is 0. The fraction of sp³-hybridized carbons (Fsp3) is 0.258. The van der Waals surface area contributed by atoms with Gasteiger partial charge in [-0.05, 0) is 36.1 Å². The number of nitrogen functional groups attached to an aromatic ring is 1. The largest absolute Gasteiger partial charge is 0.480 e. The molecule has 0 saturated heterocycles.